The number of carbonyl (C=O) groups is 2. The van der Waals surface area contributed by atoms with Crippen LogP contribution in [-0.2, 0) is 4.79 Å². The predicted molar refractivity (Wildman–Crippen MR) is 153 cm³/mol. The second-order valence-electron chi connectivity index (χ2n) is 10.4. The summed E-state index contributed by atoms with van der Waals surface area (Å²) < 4.78 is 1.73. The number of benzene rings is 1. The Bertz CT molecular complexity index is 1570. The van der Waals surface area contributed by atoms with E-state index in [4.69, 9.17) is 0 Å². The topological polar surface area (TPSA) is 95.9 Å². The number of rotatable bonds is 8. The first-order valence-electron chi connectivity index (χ1n) is 13.6. The van der Waals surface area contributed by atoms with Crippen molar-refractivity contribution in [1.82, 2.24) is 24.6 Å². The maximum Gasteiger partial charge on any atom is 0.256 e. The minimum absolute atomic E-state index is 0.156. The number of aryl methyl sites for hydroxylation is 1. The summed E-state index contributed by atoms with van der Waals surface area (Å²) >= 11 is 0. The molecule has 0 aliphatic carbocycles. The normalized spacial score (nSPS) is 16.2. The van der Waals surface area contributed by atoms with E-state index in [9.17, 15) is 9.59 Å². The first-order chi connectivity index (χ1) is 19.0. The molecule has 4 aromatic rings. The van der Waals surface area contributed by atoms with Crippen LogP contribution in [-0.4, -0.2) is 56.0 Å². The Morgan fingerprint density at radius 3 is 2.74 bits per heavy atom. The van der Waals surface area contributed by atoms with Crippen LogP contribution in [0.25, 0.3) is 28.6 Å². The number of ketones is 1. The van der Waals surface area contributed by atoms with Crippen LogP contribution in [0.3, 0.4) is 0 Å². The minimum Gasteiger partial charge on any atom is -0.358 e. The zero-order valence-electron chi connectivity index (χ0n) is 22.3. The molecular weight excluding hydrogens is 488 g/mol. The maximum absolute atomic E-state index is 13.1. The largest absolute Gasteiger partial charge is 0.358 e. The number of hydrogen-bond acceptors (Lipinski definition) is 5. The van der Waals surface area contributed by atoms with Crippen molar-refractivity contribution in [2.45, 2.75) is 39.5 Å². The Balaban J connectivity index is 1.25. The molecule has 1 saturated heterocycles. The number of carbonyl (C=O) groups excluding carboxylic acids is 2. The standard InChI is InChI=1S/C31H32N6O2/c1-20-27(34-21(2)30(20)28(38)8-7-15-36-13-5-6-14-36)17-25-24-16-22(10-11-26(24)35-31(25)39)23-18-33-37(19-23)29-9-3-4-12-32-29/h3-4,9-12,16-19,34H,5-8,13-15H2,1-2H3,(H,35,39)/b25-17-. The number of H-pyrrole nitrogens is 1. The van der Waals surface area contributed by atoms with Gasteiger partial charge >= 0.3 is 0 Å². The van der Waals surface area contributed by atoms with Crippen LogP contribution in [0, 0.1) is 13.8 Å². The lowest BCUT2D eigenvalue weighted by Gasteiger charge is -2.13. The van der Waals surface area contributed by atoms with Crippen LogP contribution < -0.4 is 5.32 Å². The third-order valence-corrected chi connectivity index (χ3v) is 7.72. The van der Waals surface area contributed by atoms with Crippen molar-refractivity contribution in [2.24, 2.45) is 0 Å². The number of nitrogens with one attached hydrogen (secondary N) is 2. The Labute approximate surface area is 227 Å². The van der Waals surface area contributed by atoms with Gasteiger partial charge in [-0.25, -0.2) is 9.67 Å². The molecule has 0 radical (unpaired) electrons. The molecule has 2 aliphatic rings. The van der Waals surface area contributed by atoms with E-state index in [-0.39, 0.29) is 11.7 Å². The fraction of sp³-hybridized carbons (Fsp3) is 0.290. The van der Waals surface area contributed by atoms with Gasteiger partial charge in [0.05, 0.1) is 11.8 Å². The fourth-order valence-electron chi connectivity index (χ4n) is 5.67. The van der Waals surface area contributed by atoms with Gasteiger partial charge in [0.2, 0.25) is 0 Å². The number of aromatic nitrogens is 4. The number of aromatic amines is 1. The van der Waals surface area contributed by atoms with Crippen LogP contribution >= 0.6 is 0 Å². The molecule has 0 atom stereocenters. The molecule has 1 aromatic carbocycles. The van der Waals surface area contributed by atoms with Crippen molar-refractivity contribution in [3.8, 4) is 16.9 Å². The molecule has 0 bridgehead atoms. The molecule has 6 rings (SSSR count). The van der Waals surface area contributed by atoms with Crippen molar-refractivity contribution in [3.63, 3.8) is 0 Å². The zero-order chi connectivity index (χ0) is 26.9. The first kappa shape index (κ1) is 25.0. The van der Waals surface area contributed by atoms with Crippen LogP contribution in [0.4, 0.5) is 5.69 Å². The molecule has 1 amide bonds. The lowest BCUT2D eigenvalue weighted by Crippen LogP contribution is -2.21. The predicted octanol–water partition coefficient (Wildman–Crippen LogP) is 5.43. The van der Waals surface area contributed by atoms with Gasteiger partial charge in [-0.15, -0.1) is 0 Å². The number of anilines is 1. The Hall–Kier alpha value is -4.30. The molecule has 3 aromatic heterocycles. The van der Waals surface area contributed by atoms with Crippen LogP contribution in [0.5, 0.6) is 0 Å². The van der Waals surface area contributed by atoms with Gasteiger partial charge in [0.15, 0.2) is 11.6 Å². The molecular formula is C31H32N6O2. The van der Waals surface area contributed by atoms with Gasteiger partial charge < -0.3 is 15.2 Å². The van der Waals surface area contributed by atoms with E-state index in [2.05, 4.69) is 25.3 Å². The summed E-state index contributed by atoms with van der Waals surface area (Å²) in [7, 11) is 0. The Morgan fingerprint density at radius 2 is 1.95 bits per heavy atom. The number of amides is 1. The smallest absolute Gasteiger partial charge is 0.256 e. The van der Waals surface area contributed by atoms with E-state index in [1.165, 1.54) is 12.8 Å². The third kappa shape index (κ3) is 4.95. The average molecular weight is 521 g/mol. The molecule has 1 fully saturated rings. The van der Waals surface area contributed by atoms with Crippen LogP contribution in [0.1, 0.15) is 58.6 Å². The lowest BCUT2D eigenvalue weighted by atomic mass is 9.98. The minimum atomic E-state index is -0.156. The van der Waals surface area contributed by atoms with Gasteiger partial charge in [-0.1, -0.05) is 12.1 Å². The summed E-state index contributed by atoms with van der Waals surface area (Å²) in [6.07, 6.45) is 11.2. The van der Waals surface area contributed by atoms with E-state index < -0.39 is 0 Å². The number of likely N-dealkylation sites (tertiary alicyclic amines) is 1. The monoisotopic (exact) mass is 520 g/mol. The summed E-state index contributed by atoms with van der Waals surface area (Å²) in [5.41, 5.74) is 7.32. The fourth-order valence-corrected chi connectivity index (χ4v) is 5.67. The van der Waals surface area contributed by atoms with E-state index in [1.807, 2.05) is 62.5 Å². The molecule has 0 spiro atoms. The molecule has 5 heterocycles. The Morgan fingerprint density at radius 1 is 1.10 bits per heavy atom. The summed E-state index contributed by atoms with van der Waals surface area (Å²) in [6, 6.07) is 11.6. The molecule has 0 unspecified atom stereocenters. The van der Waals surface area contributed by atoms with E-state index in [0.717, 1.165) is 76.8 Å². The molecule has 2 N–H and O–H groups in total. The Kier molecular flexibility index (Phi) is 6.70. The van der Waals surface area contributed by atoms with Gasteiger partial charge in [-0.05, 0) is 94.2 Å². The van der Waals surface area contributed by atoms with E-state index >= 15 is 0 Å². The number of nitrogens with zero attached hydrogens (tertiary/aromatic N) is 4. The van der Waals surface area contributed by atoms with Crippen molar-refractivity contribution >= 4 is 29.0 Å². The highest BCUT2D eigenvalue weighted by atomic mass is 16.2. The number of hydrogen-bond donors (Lipinski definition) is 2. The highest BCUT2D eigenvalue weighted by Crippen LogP contribution is 2.37. The first-order valence-corrected chi connectivity index (χ1v) is 13.6. The van der Waals surface area contributed by atoms with Crippen molar-refractivity contribution in [1.29, 1.82) is 0 Å². The van der Waals surface area contributed by atoms with Gasteiger partial charge in [-0.3, -0.25) is 9.59 Å². The second kappa shape index (κ2) is 10.5. The highest BCUT2D eigenvalue weighted by molar-refractivity contribution is 6.35. The summed E-state index contributed by atoms with van der Waals surface area (Å²) in [5, 5.41) is 7.43. The van der Waals surface area contributed by atoms with Crippen LogP contribution in [0.15, 0.2) is 55.0 Å². The van der Waals surface area contributed by atoms with Gasteiger partial charge in [0.25, 0.3) is 5.91 Å². The number of pyridine rings is 1. The average Bonchev–Trinajstić information content (AvgIpc) is 3.73. The van der Waals surface area contributed by atoms with E-state index in [0.29, 0.717) is 12.0 Å². The molecule has 2 aliphatic heterocycles. The van der Waals surface area contributed by atoms with Gasteiger partial charge in [-0.2, -0.15) is 5.10 Å². The number of Topliss-reactive ketones (excluding diaryl/α,β-unsaturated/α-hetero) is 1. The molecule has 8 nitrogen and oxygen atoms in total. The maximum atomic E-state index is 13.1. The third-order valence-electron chi connectivity index (χ3n) is 7.72. The highest BCUT2D eigenvalue weighted by Gasteiger charge is 2.26. The van der Waals surface area contributed by atoms with Gasteiger partial charge in [0.1, 0.15) is 0 Å². The van der Waals surface area contributed by atoms with Crippen LogP contribution in [0.2, 0.25) is 0 Å². The quantitative estimate of drug-likeness (QED) is 0.239. The number of fused-ring (bicyclic) bond motifs is 1. The van der Waals surface area contributed by atoms with E-state index in [1.54, 1.807) is 17.1 Å². The molecule has 39 heavy (non-hydrogen) atoms. The lowest BCUT2D eigenvalue weighted by molar-refractivity contribution is -0.110. The SMILES string of the molecule is Cc1[nH]c(/C=C2\C(=O)Nc3ccc(-c4cnn(-c5ccccn5)c4)cc32)c(C)c1C(=O)CCCN1CCCC1. The van der Waals surface area contributed by atoms with Crippen molar-refractivity contribution in [2.75, 3.05) is 25.0 Å². The second-order valence-corrected chi connectivity index (χ2v) is 10.4. The molecule has 0 saturated carbocycles. The van der Waals surface area contributed by atoms with Gasteiger partial charge in [0, 0.05) is 52.6 Å². The van der Waals surface area contributed by atoms with Crippen molar-refractivity contribution in [3.05, 3.63) is 83.1 Å². The molecule has 198 valence electrons. The summed E-state index contributed by atoms with van der Waals surface area (Å²) in [4.78, 5) is 36.3. The summed E-state index contributed by atoms with van der Waals surface area (Å²) in [6.45, 7) is 7.16. The summed E-state index contributed by atoms with van der Waals surface area (Å²) in [5.74, 6) is 0.742. The molecule has 8 heteroatoms. The zero-order valence-corrected chi connectivity index (χ0v) is 22.3. The van der Waals surface area contributed by atoms with Crippen molar-refractivity contribution < 1.29 is 9.59 Å².